The van der Waals surface area contributed by atoms with Crippen molar-refractivity contribution < 1.29 is 9.32 Å². The molecule has 6 heteroatoms. The number of amides is 1. The van der Waals surface area contributed by atoms with Crippen molar-refractivity contribution in [1.29, 1.82) is 0 Å². The maximum absolute atomic E-state index is 12.2. The summed E-state index contributed by atoms with van der Waals surface area (Å²) in [4.78, 5) is 22.0. The predicted molar refractivity (Wildman–Crippen MR) is 70.9 cm³/mol. The zero-order chi connectivity index (χ0) is 13.9. The second-order valence-corrected chi connectivity index (χ2v) is 5.07. The van der Waals surface area contributed by atoms with E-state index < -0.39 is 0 Å². The Morgan fingerprint density at radius 2 is 2.15 bits per heavy atom. The van der Waals surface area contributed by atoms with Gasteiger partial charge in [-0.15, -0.1) is 0 Å². The van der Waals surface area contributed by atoms with Crippen molar-refractivity contribution in [1.82, 2.24) is 20.0 Å². The number of rotatable bonds is 4. The second-order valence-electron chi connectivity index (χ2n) is 5.07. The molecule has 2 heterocycles. The Bertz CT molecular complexity index is 592. The van der Waals surface area contributed by atoms with Gasteiger partial charge in [0.2, 0.25) is 5.89 Å². The molecule has 1 saturated carbocycles. The molecule has 0 radical (unpaired) electrons. The van der Waals surface area contributed by atoms with Crippen LogP contribution in [0.1, 0.15) is 47.3 Å². The molecule has 6 nitrogen and oxygen atoms in total. The first kappa shape index (κ1) is 12.8. The zero-order valence-electron chi connectivity index (χ0n) is 11.3. The van der Waals surface area contributed by atoms with E-state index in [2.05, 4.69) is 15.1 Å². The molecule has 0 atom stereocenters. The van der Waals surface area contributed by atoms with Crippen molar-refractivity contribution in [3.8, 4) is 0 Å². The molecular weight excluding hydrogens is 256 g/mol. The molecule has 2 aromatic heterocycles. The summed E-state index contributed by atoms with van der Waals surface area (Å²) in [5, 5.41) is 3.94. The van der Waals surface area contributed by atoms with Crippen molar-refractivity contribution in [3.63, 3.8) is 0 Å². The minimum atomic E-state index is -0.0811. The van der Waals surface area contributed by atoms with Gasteiger partial charge in [-0.25, -0.2) is 0 Å². The highest BCUT2D eigenvalue weighted by Crippen LogP contribution is 2.35. The number of pyridine rings is 1. The minimum absolute atomic E-state index is 0.0811. The fourth-order valence-electron chi connectivity index (χ4n) is 2.15. The van der Waals surface area contributed by atoms with Gasteiger partial charge in [0.1, 0.15) is 0 Å². The molecule has 104 valence electrons. The summed E-state index contributed by atoms with van der Waals surface area (Å²) >= 11 is 0. The molecule has 0 N–H and O–H groups in total. The van der Waals surface area contributed by atoms with E-state index in [0.717, 1.165) is 12.8 Å². The van der Waals surface area contributed by atoms with Gasteiger partial charge in [0.15, 0.2) is 5.82 Å². The molecule has 1 aliphatic rings. The zero-order valence-corrected chi connectivity index (χ0v) is 11.3. The molecule has 0 aromatic carbocycles. The average molecular weight is 272 g/mol. The van der Waals surface area contributed by atoms with E-state index in [1.165, 1.54) is 6.42 Å². The largest absolute Gasteiger partial charge is 0.339 e. The van der Waals surface area contributed by atoms with E-state index in [9.17, 15) is 4.79 Å². The molecule has 2 aromatic rings. The molecule has 3 rings (SSSR count). The highest BCUT2D eigenvalue weighted by Gasteiger charge is 2.25. The first-order chi connectivity index (χ1) is 9.74. The minimum Gasteiger partial charge on any atom is -0.339 e. The molecule has 0 spiro atoms. The van der Waals surface area contributed by atoms with E-state index in [1.807, 2.05) is 0 Å². The van der Waals surface area contributed by atoms with Crippen molar-refractivity contribution in [2.45, 2.75) is 31.7 Å². The Morgan fingerprint density at radius 3 is 2.80 bits per heavy atom. The van der Waals surface area contributed by atoms with Gasteiger partial charge < -0.3 is 9.42 Å². The fraction of sp³-hybridized carbons (Fsp3) is 0.429. The highest BCUT2D eigenvalue weighted by atomic mass is 16.5. The standard InChI is InChI=1S/C14H16N4O2/c1-18(14(19)11-5-7-15-8-6-11)9-12-16-13(20-17-12)10-3-2-4-10/h5-8,10H,2-4,9H2,1H3. The lowest BCUT2D eigenvalue weighted by atomic mass is 9.85. The molecule has 1 aliphatic carbocycles. The first-order valence-electron chi connectivity index (χ1n) is 6.72. The summed E-state index contributed by atoms with van der Waals surface area (Å²) in [6.45, 7) is 0.345. The lowest BCUT2D eigenvalue weighted by molar-refractivity contribution is 0.0780. The number of hydrogen-bond donors (Lipinski definition) is 0. The van der Waals surface area contributed by atoms with Crippen LogP contribution in [-0.4, -0.2) is 33.0 Å². The Balaban J connectivity index is 1.65. The van der Waals surface area contributed by atoms with Crippen LogP contribution in [0.5, 0.6) is 0 Å². The molecule has 0 bridgehead atoms. The van der Waals surface area contributed by atoms with Crippen molar-refractivity contribution >= 4 is 5.91 Å². The van der Waals surface area contributed by atoms with Crippen LogP contribution in [0.25, 0.3) is 0 Å². The summed E-state index contributed by atoms with van der Waals surface area (Å²) < 4.78 is 5.25. The van der Waals surface area contributed by atoms with Gasteiger partial charge in [-0.1, -0.05) is 11.6 Å². The topological polar surface area (TPSA) is 72.1 Å². The normalized spacial score (nSPS) is 14.8. The van der Waals surface area contributed by atoms with Crippen LogP contribution in [0.3, 0.4) is 0 Å². The van der Waals surface area contributed by atoms with Crippen LogP contribution in [0, 0.1) is 0 Å². The van der Waals surface area contributed by atoms with Crippen molar-refractivity contribution in [3.05, 3.63) is 41.8 Å². The van der Waals surface area contributed by atoms with Crippen molar-refractivity contribution in [2.24, 2.45) is 0 Å². The van der Waals surface area contributed by atoms with E-state index in [4.69, 9.17) is 4.52 Å². The van der Waals surface area contributed by atoms with Crippen LogP contribution >= 0.6 is 0 Å². The third kappa shape index (κ3) is 2.54. The first-order valence-corrected chi connectivity index (χ1v) is 6.72. The van der Waals surface area contributed by atoms with Crippen LogP contribution < -0.4 is 0 Å². The molecule has 20 heavy (non-hydrogen) atoms. The molecule has 1 amide bonds. The SMILES string of the molecule is CN(Cc1noc(C2CCC2)n1)C(=O)c1ccncc1. The fourth-order valence-corrected chi connectivity index (χ4v) is 2.15. The number of carbonyl (C=O) groups excluding carboxylic acids is 1. The molecule has 1 fully saturated rings. The van der Waals surface area contributed by atoms with Crippen LogP contribution in [-0.2, 0) is 6.54 Å². The molecule has 0 aliphatic heterocycles. The quantitative estimate of drug-likeness (QED) is 0.851. The van der Waals surface area contributed by atoms with Crippen LogP contribution in [0.15, 0.2) is 29.0 Å². The van der Waals surface area contributed by atoms with Gasteiger partial charge in [0.25, 0.3) is 5.91 Å². The Kier molecular flexibility index (Phi) is 3.45. The molecule has 0 saturated heterocycles. The van der Waals surface area contributed by atoms with E-state index in [0.29, 0.717) is 29.7 Å². The molecule has 0 unspecified atom stereocenters. The van der Waals surface area contributed by atoms with Gasteiger partial charge in [-0.2, -0.15) is 4.98 Å². The van der Waals surface area contributed by atoms with Gasteiger partial charge in [-0.05, 0) is 25.0 Å². The Morgan fingerprint density at radius 1 is 1.40 bits per heavy atom. The smallest absolute Gasteiger partial charge is 0.254 e. The Hall–Kier alpha value is -2.24. The van der Waals surface area contributed by atoms with E-state index in [-0.39, 0.29) is 5.91 Å². The van der Waals surface area contributed by atoms with Gasteiger partial charge in [0, 0.05) is 30.9 Å². The highest BCUT2D eigenvalue weighted by molar-refractivity contribution is 5.93. The molecular formula is C14H16N4O2. The van der Waals surface area contributed by atoms with E-state index in [1.54, 1.807) is 36.5 Å². The van der Waals surface area contributed by atoms with Gasteiger partial charge in [0.05, 0.1) is 6.54 Å². The predicted octanol–water partition coefficient (Wildman–Crippen LogP) is 2.00. The summed E-state index contributed by atoms with van der Waals surface area (Å²) in [5.74, 6) is 1.59. The van der Waals surface area contributed by atoms with E-state index >= 15 is 0 Å². The number of carbonyl (C=O) groups is 1. The van der Waals surface area contributed by atoms with Gasteiger partial charge in [-0.3, -0.25) is 9.78 Å². The van der Waals surface area contributed by atoms with Crippen LogP contribution in [0.2, 0.25) is 0 Å². The summed E-state index contributed by atoms with van der Waals surface area (Å²) in [7, 11) is 1.72. The third-order valence-electron chi connectivity index (χ3n) is 3.59. The monoisotopic (exact) mass is 272 g/mol. The van der Waals surface area contributed by atoms with Gasteiger partial charge >= 0.3 is 0 Å². The number of hydrogen-bond acceptors (Lipinski definition) is 5. The number of nitrogens with zero attached hydrogens (tertiary/aromatic N) is 4. The van der Waals surface area contributed by atoms with Crippen LogP contribution in [0.4, 0.5) is 0 Å². The Labute approximate surface area is 116 Å². The lowest BCUT2D eigenvalue weighted by Crippen LogP contribution is -2.26. The lowest BCUT2D eigenvalue weighted by Gasteiger charge is -2.20. The van der Waals surface area contributed by atoms with Crippen molar-refractivity contribution in [2.75, 3.05) is 7.05 Å². The third-order valence-corrected chi connectivity index (χ3v) is 3.59. The summed E-state index contributed by atoms with van der Waals surface area (Å²) in [5.41, 5.74) is 0.602. The number of aromatic nitrogens is 3. The summed E-state index contributed by atoms with van der Waals surface area (Å²) in [6, 6.07) is 3.38. The summed E-state index contributed by atoms with van der Waals surface area (Å²) in [6.07, 6.45) is 6.66. The maximum atomic E-state index is 12.2. The second kappa shape index (κ2) is 5.40. The average Bonchev–Trinajstić information content (AvgIpc) is 2.85. The maximum Gasteiger partial charge on any atom is 0.254 e.